The predicted molar refractivity (Wildman–Crippen MR) is 124 cm³/mol. The van der Waals surface area contributed by atoms with Crippen molar-refractivity contribution in [2.45, 2.75) is 32.0 Å². The van der Waals surface area contributed by atoms with Crippen LogP contribution in [0.4, 0.5) is 4.39 Å². The molecule has 1 aliphatic rings. The van der Waals surface area contributed by atoms with Gasteiger partial charge in [0, 0.05) is 12.3 Å². The van der Waals surface area contributed by atoms with Crippen LogP contribution in [0.2, 0.25) is 0 Å². The van der Waals surface area contributed by atoms with Gasteiger partial charge in [-0.25, -0.2) is 4.39 Å². The van der Waals surface area contributed by atoms with Crippen LogP contribution < -0.4 is 0 Å². The van der Waals surface area contributed by atoms with E-state index in [2.05, 4.69) is 55.1 Å². The first-order valence-corrected chi connectivity index (χ1v) is 11.0. The van der Waals surface area contributed by atoms with Crippen LogP contribution in [0, 0.1) is 11.7 Å². The zero-order chi connectivity index (χ0) is 21.5. The van der Waals surface area contributed by atoms with Crippen LogP contribution in [0.3, 0.4) is 0 Å². The maximum absolute atomic E-state index is 13.1. The maximum Gasteiger partial charge on any atom is 0.157 e. The van der Waals surface area contributed by atoms with Gasteiger partial charge in [0.1, 0.15) is 5.82 Å². The molecule has 1 aliphatic heterocycles. The van der Waals surface area contributed by atoms with Gasteiger partial charge in [0.2, 0.25) is 0 Å². The normalized spacial score (nSPS) is 18.6. The van der Waals surface area contributed by atoms with E-state index in [4.69, 9.17) is 9.47 Å². The van der Waals surface area contributed by atoms with Crippen molar-refractivity contribution in [3.8, 4) is 22.3 Å². The number of ether oxygens (including phenoxy) is 2. The summed E-state index contributed by atoms with van der Waals surface area (Å²) in [6.07, 6.45) is 5.77. The van der Waals surface area contributed by atoms with E-state index in [0.29, 0.717) is 5.92 Å². The molecule has 1 saturated heterocycles. The highest BCUT2D eigenvalue weighted by atomic mass is 19.1. The molecule has 1 heterocycles. The molecule has 0 bridgehead atoms. The van der Waals surface area contributed by atoms with Crippen LogP contribution in [-0.4, -0.2) is 19.5 Å². The van der Waals surface area contributed by atoms with Crippen molar-refractivity contribution in [1.29, 1.82) is 0 Å². The molecule has 31 heavy (non-hydrogen) atoms. The highest BCUT2D eigenvalue weighted by Crippen LogP contribution is 2.26. The number of aryl methyl sites for hydroxylation is 1. The SMILES string of the molecule is C=CCC[C@H]1CO[C@H](CCc2ccc(-c3ccc(-c4ccc(F)cc4)cc3)cc2)OC1. The summed E-state index contributed by atoms with van der Waals surface area (Å²) in [4.78, 5) is 0. The summed E-state index contributed by atoms with van der Waals surface area (Å²) in [5, 5.41) is 0. The van der Waals surface area contributed by atoms with Crippen molar-refractivity contribution in [1.82, 2.24) is 0 Å². The van der Waals surface area contributed by atoms with Gasteiger partial charge in [0.25, 0.3) is 0 Å². The number of halogens is 1. The Morgan fingerprint density at radius 2 is 1.23 bits per heavy atom. The second kappa shape index (κ2) is 10.5. The molecule has 1 fully saturated rings. The molecule has 0 N–H and O–H groups in total. The summed E-state index contributed by atoms with van der Waals surface area (Å²) in [6, 6.07) is 23.7. The lowest BCUT2D eigenvalue weighted by atomic mass is 9.99. The predicted octanol–water partition coefficient (Wildman–Crippen LogP) is 7.05. The van der Waals surface area contributed by atoms with Crippen molar-refractivity contribution in [2.75, 3.05) is 13.2 Å². The van der Waals surface area contributed by atoms with Gasteiger partial charge in [0.05, 0.1) is 13.2 Å². The third-order valence-electron chi connectivity index (χ3n) is 5.83. The van der Waals surface area contributed by atoms with Crippen molar-refractivity contribution in [3.63, 3.8) is 0 Å². The zero-order valence-corrected chi connectivity index (χ0v) is 17.8. The van der Waals surface area contributed by atoms with Crippen LogP contribution >= 0.6 is 0 Å². The molecule has 3 heteroatoms. The third-order valence-corrected chi connectivity index (χ3v) is 5.83. The summed E-state index contributed by atoms with van der Waals surface area (Å²) in [5.74, 6) is 0.276. The largest absolute Gasteiger partial charge is 0.352 e. The molecule has 0 amide bonds. The number of hydrogen-bond donors (Lipinski definition) is 0. The van der Waals surface area contributed by atoms with Gasteiger partial charge < -0.3 is 9.47 Å². The molecule has 4 rings (SSSR count). The van der Waals surface area contributed by atoms with Gasteiger partial charge in [-0.15, -0.1) is 6.58 Å². The molecule has 0 spiro atoms. The van der Waals surface area contributed by atoms with E-state index in [0.717, 1.165) is 50.0 Å². The van der Waals surface area contributed by atoms with Gasteiger partial charge >= 0.3 is 0 Å². The summed E-state index contributed by atoms with van der Waals surface area (Å²) in [7, 11) is 0. The molecule has 0 saturated carbocycles. The second-order valence-electron chi connectivity index (χ2n) is 8.15. The Morgan fingerprint density at radius 1 is 0.742 bits per heavy atom. The first-order valence-electron chi connectivity index (χ1n) is 11.0. The van der Waals surface area contributed by atoms with E-state index in [9.17, 15) is 4.39 Å². The lowest BCUT2D eigenvalue weighted by molar-refractivity contribution is -0.203. The highest BCUT2D eigenvalue weighted by Gasteiger charge is 2.21. The third kappa shape index (κ3) is 5.90. The molecule has 160 valence electrons. The molecule has 2 nitrogen and oxygen atoms in total. The van der Waals surface area contributed by atoms with Crippen LogP contribution in [0.15, 0.2) is 85.5 Å². The van der Waals surface area contributed by atoms with E-state index in [1.165, 1.54) is 28.8 Å². The molecule has 0 aromatic heterocycles. The average molecular weight is 417 g/mol. The van der Waals surface area contributed by atoms with Gasteiger partial charge in [-0.1, -0.05) is 66.7 Å². The summed E-state index contributed by atoms with van der Waals surface area (Å²) in [5.41, 5.74) is 5.74. The second-order valence-corrected chi connectivity index (χ2v) is 8.15. The summed E-state index contributed by atoms with van der Waals surface area (Å²) < 4.78 is 24.9. The van der Waals surface area contributed by atoms with Crippen molar-refractivity contribution in [3.05, 3.63) is 96.8 Å². The molecule has 3 aromatic rings. The van der Waals surface area contributed by atoms with Gasteiger partial charge in [-0.2, -0.15) is 0 Å². The first-order chi connectivity index (χ1) is 15.2. The Bertz CT molecular complexity index is 953. The number of rotatable bonds is 8. The Balaban J connectivity index is 1.29. The number of benzene rings is 3. The van der Waals surface area contributed by atoms with Crippen molar-refractivity contribution >= 4 is 0 Å². The minimum absolute atomic E-state index is 0.0985. The Kier molecular flexibility index (Phi) is 7.29. The van der Waals surface area contributed by atoms with Crippen molar-refractivity contribution in [2.24, 2.45) is 5.92 Å². The number of allylic oxidation sites excluding steroid dienone is 1. The average Bonchev–Trinajstić information content (AvgIpc) is 2.83. The smallest absolute Gasteiger partial charge is 0.157 e. The minimum atomic E-state index is -0.213. The van der Waals surface area contributed by atoms with Crippen LogP contribution in [-0.2, 0) is 15.9 Å². The fourth-order valence-electron chi connectivity index (χ4n) is 3.92. The molecule has 3 aromatic carbocycles. The zero-order valence-electron chi connectivity index (χ0n) is 17.8. The van der Waals surface area contributed by atoms with E-state index in [1.807, 2.05) is 6.08 Å². The Hall–Kier alpha value is -2.75. The van der Waals surface area contributed by atoms with E-state index < -0.39 is 0 Å². The quantitative estimate of drug-likeness (QED) is 0.366. The Labute approximate surface area is 184 Å². The summed E-state index contributed by atoms with van der Waals surface area (Å²) in [6.45, 7) is 5.34. The van der Waals surface area contributed by atoms with Gasteiger partial charge in [0.15, 0.2) is 6.29 Å². The molecule has 0 atom stereocenters. The van der Waals surface area contributed by atoms with Crippen LogP contribution in [0.1, 0.15) is 24.8 Å². The van der Waals surface area contributed by atoms with Crippen LogP contribution in [0.25, 0.3) is 22.3 Å². The molecule has 0 unspecified atom stereocenters. The first kappa shape index (κ1) is 21.5. The number of hydrogen-bond acceptors (Lipinski definition) is 2. The fourth-order valence-corrected chi connectivity index (χ4v) is 3.92. The molecule has 0 aliphatic carbocycles. The minimum Gasteiger partial charge on any atom is -0.352 e. The Morgan fingerprint density at radius 3 is 1.74 bits per heavy atom. The standard InChI is InChI=1S/C28H29FO2/c1-2-3-4-22-19-30-28(31-20-22)18-7-21-5-8-23(9-6-21)24-10-12-25(13-11-24)26-14-16-27(29)17-15-26/h2,5-6,8-17,22,28H,1,3-4,7,18-20H2/t22-,28-. The highest BCUT2D eigenvalue weighted by molar-refractivity contribution is 5.70. The van der Waals surface area contributed by atoms with Gasteiger partial charge in [-0.3, -0.25) is 0 Å². The molecular weight excluding hydrogens is 387 g/mol. The fraction of sp³-hybridized carbons (Fsp3) is 0.286. The van der Waals surface area contributed by atoms with Gasteiger partial charge in [-0.05, 0) is 59.2 Å². The molecule has 0 radical (unpaired) electrons. The lowest BCUT2D eigenvalue weighted by Gasteiger charge is -2.29. The van der Waals surface area contributed by atoms with E-state index >= 15 is 0 Å². The molecular formula is C28H29FO2. The monoisotopic (exact) mass is 416 g/mol. The summed E-state index contributed by atoms with van der Waals surface area (Å²) >= 11 is 0. The lowest BCUT2D eigenvalue weighted by Crippen LogP contribution is -2.32. The van der Waals surface area contributed by atoms with E-state index in [-0.39, 0.29) is 12.1 Å². The topological polar surface area (TPSA) is 18.5 Å². The maximum atomic E-state index is 13.1. The van der Waals surface area contributed by atoms with Crippen LogP contribution in [0.5, 0.6) is 0 Å². The van der Waals surface area contributed by atoms with Crippen molar-refractivity contribution < 1.29 is 13.9 Å². The van der Waals surface area contributed by atoms with E-state index in [1.54, 1.807) is 12.1 Å².